The molecule has 1 aromatic heterocycles. The molecule has 0 spiro atoms. The molecule has 0 unspecified atom stereocenters. The number of halogens is 1. The predicted molar refractivity (Wildman–Crippen MR) is 79.0 cm³/mol. The zero-order chi connectivity index (χ0) is 13.0. The fraction of sp³-hybridized carbons (Fsp3) is 0.308. The van der Waals surface area contributed by atoms with Gasteiger partial charge in [-0.15, -0.1) is 11.3 Å². The van der Waals surface area contributed by atoms with Gasteiger partial charge in [-0.3, -0.25) is 0 Å². The van der Waals surface area contributed by atoms with Crippen LogP contribution in [0.15, 0.2) is 28.1 Å². The summed E-state index contributed by atoms with van der Waals surface area (Å²) >= 11 is 5.22. The number of benzene rings is 1. The zero-order valence-electron chi connectivity index (χ0n) is 10.4. The SMILES string of the molecule is COCc1c(Br)cccc1NCc1csc(C)n1. The summed E-state index contributed by atoms with van der Waals surface area (Å²) < 4.78 is 6.28. The number of aromatic nitrogens is 1. The summed E-state index contributed by atoms with van der Waals surface area (Å²) in [6.07, 6.45) is 0. The molecule has 0 aliphatic rings. The molecule has 0 aliphatic carbocycles. The molecule has 3 nitrogen and oxygen atoms in total. The summed E-state index contributed by atoms with van der Waals surface area (Å²) in [5, 5.41) is 6.58. The van der Waals surface area contributed by atoms with E-state index in [9.17, 15) is 0 Å². The predicted octanol–water partition coefficient (Wildman–Crippen LogP) is 3.97. The number of hydrogen-bond donors (Lipinski definition) is 1. The van der Waals surface area contributed by atoms with Crippen LogP contribution in [0.1, 0.15) is 16.3 Å². The van der Waals surface area contributed by atoms with Gasteiger partial charge in [-0.05, 0) is 19.1 Å². The molecule has 0 bridgehead atoms. The minimum atomic E-state index is 0.583. The van der Waals surface area contributed by atoms with Gasteiger partial charge in [0.2, 0.25) is 0 Å². The summed E-state index contributed by atoms with van der Waals surface area (Å²) in [6.45, 7) is 3.33. The molecule has 96 valence electrons. The number of nitrogens with one attached hydrogen (secondary N) is 1. The second kappa shape index (κ2) is 6.31. The Morgan fingerprint density at radius 2 is 2.28 bits per heavy atom. The van der Waals surface area contributed by atoms with Gasteiger partial charge in [0.05, 0.1) is 23.9 Å². The van der Waals surface area contributed by atoms with Crippen molar-refractivity contribution in [3.05, 3.63) is 44.3 Å². The van der Waals surface area contributed by atoms with E-state index in [1.54, 1.807) is 18.4 Å². The van der Waals surface area contributed by atoms with E-state index in [0.29, 0.717) is 6.61 Å². The molecule has 0 amide bonds. The van der Waals surface area contributed by atoms with Crippen LogP contribution in [0.4, 0.5) is 5.69 Å². The Balaban J connectivity index is 2.11. The first kappa shape index (κ1) is 13.5. The van der Waals surface area contributed by atoms with E-state index in [1.807, 2.05) is 19.1 Å². The van der Waals surface area contributed by atoms with Gasteiger partial charge >= 0.3 is 0 Å². The molecule has 0 fully saturated rings. The van der Waals surface area contributed by atoms with E-state index in [1.165, 1.54) is 0 Å². The molecule has 0 atom stereocenters. The van der Waals surface area contributed by atoms with Gasteiger partial charge in [-0.1, -0.05) is 22.0 Å². The molecule has 0 radical (unpaired) electrons. The molecule has 0 aliphatic heterocycles. The maximum atomic E-state index is 5.22. The Kier molecular flexibility index (Phi) is 4.74. The van der Waals surface area contributed by atoms with Crippen LogP contribution in [0, 0.1) is 6.92 Å². The first-order valence-corrected chi connectivity index (χ1v) is 7.29. The fourth-order valence-electron chi connectivity index (χ4n) is 1.69. The average Bonchev–Trinajstić information content (AvgIpc) is 2.76. The lowest BCUT2D eigenvalue weighted by Gasteiger charge is -2.12. The minimum Gasteiger partial charge on any atom is -0.380 e. The number of rotatable bonds is 5. The highest BCUT2D eigenvalue weighted by atomic mass is 79.9. The van der Waals surface area contributed by atoms with Crippen molar-refractivity contribution in [3.63, 3.8) is 0 Å². The van der Waals surface area contributed by atoms with Crippen LogP contribution >= 0.6 is 27.3 Å². The molecule has 2 rings (SSSR count). The fourth-order valence-corrected chi connectivity index (χ4v) is 2.78. The van der Waals surface area contributed by atoms with Gasteiger partial charge < -0.3 is 10.1 Å². The largest absolute Gasteiger partial charge is 0.380 e. The Labute approximate surface area is 119 Å². The monoisotopic (exact) mass is 326 g/mol. The third-order valence-corrected chi connectivity index (χ3v) is 4.10. The third kappa shape index (κ3) is 3.31. The Morgan fingerprint density at radius 1 is 1.44 bits per heavy atom. The van der Waals surface area contributed by atoms with E-state index >= 15 is 0 Å². The van der Waals surface area contributed by atoms with E-state index < -0.39 is 0 Å². The summed E-state index contributed by atoms with van der Waals surface area (Å²) in [7, 11) is 1.70. The molecular formula is C13H15BrN2OS. The number of thiazole rings is 1. The maximum Gasteiger partial charge on any atom is 0.0898 e. The van der Waals surface area contributed by atoms with Crippen molar-refractivity contribution in [2.45, 2.75) is 20.1 Å². The van der Waals surface area contributed by atoms with Crippen molar-refractivity contribution in [1.82, 2.24) is 4.98 Å². The van der Waals surface area contributed by atoms with Gasteiger partial charge in [0.1, 0.15) is 0 Å². The van der Waals surface area contributed by atoms with Gasteiger partial charge in [-0.2, -0.15) is 0 Å². The average molecular weight is 327 g/mol. The highest BCUT2D eigenvalue weighted by Crippen LogP contribution is 2.26. The second-order valence-electron chi connectivity index (χ2n) is 3.91. The zero-order valence-corrected chi connectivity index (χ0v) is 12.8. The van der Waals surface area contributed by atoms with Crippen LogP contribution in [0.5, 0.6) is 0 Å². The molecule has 2 aromatic rings. The van der Waals surface area contributed by atoms with Gasteiger partial charge in [-0.25, -0.2) is 4.98 Å². The van der Waals surface area contributed by atoms with Crippen molar-refractivity contribution in [1.29, 1.82) is 0 Å². The molecule has 18 heavy (non-hydrogen) atoms. The highest BCUT2D eigenvalue weighted by molar-refractivity contribution is 9.10. The number of ether oxygens (including phenoxy) is 1. The quantitative estimate of drug-likeness (QED) is 0.902. The molecule has 0 saturated heterocycles. The van der Waals surface area contributed by atoms with Crippen molar-refractivity contribution in [2.75, 3.05) is 12.4 Å². The first-order chi connectivity index (χ1) is 8.70. The van der Waals surface area contributed by atoms with E-state index in [2.05, 4.69) is 37.7 Å². The van der Waals surface area contributed by atoms with Crippen LogP contribution in [-0.2, 0) is 17.9 Å². The highest BCUT2D eigenvalue weighted by Gasteiger charge is 2.06. The Hall–Kier alpha value is -0.910. The molecule has 5 heteroatoms. The first-order valence-electron chi connectivity index (χ1n) is 5.62. The Bertz CT molecular complexity index is 527. The number of hydrogen-bond acceptors (Lipinski definition) is 4. The molecular weight excluding hydrogens is 312 g/mol. The van der Waals surface area contributed by atoms with Crippen molar-refractivity contribution >= 4 is 33.0 Å². The topological polar surface area (TPSA) is 34.1 Å². The molecule has 1 aromatic carbocycles. The van der Waals surface area contributed by atoms with Crippen LogP contribution in [0.25, 0.3) is 0 Å². The van der Waals surface area contributed by atoms with E-state index in [0.717, 1.165) is 33.0 Å². The van der Waals surface area contributed by atoms with Crippen molar-refractivity contribution < 1.29 is 4.74 Å². The summed E-state index contributed by atoms with van der Waals surface area (Å²) in [5.74, 6) is 0. The number of methoxy groups -OCH3 is 1. The summed E-state index contributed by atoms with van der Waals surface area (Å²) in [5.41, 5.74) is 3.28. The van der Waals surface area contributed by atoms with Crippen molar-refractivity contribution in [2.24, 2.45) is 0 Å². The van der Waals surface area contributed by atoms with Gasteiger partial charge in [0, 0.05) is 28.2 Å². The van der Waals surface area contributed by atoms with Crippen LogP contribution < -0.4 is 5.32 Å². The number of anilines is 1. The smallest absolute Gasteiger partial charge is 0.0898 e. The van der Waals surface area contributed by atoms with Gasteiger partial charge in [0.15, 0.2) is 0 Å². The molecule has 0 saturated carbocycles. The van der Waals surface area contributed by atoms with Gasteiger partial charge in [0.25, 0.3) is 0 Å². The molecule has 1 heterocycles. The van der Waals surface area contributed by atoms with Crippen LogP contribution in [-0.4, -0.2) is 12.1 Å². The normalized spacial score (nSPS) is 10.6. The maximum absolute atomic E-state index is 5.22. The standard InChI is InChI=1S/C13H15BrN2OS/c1-9-16-10(8-18-9)6-15-13-5-3-4-12(14)11(13)7-17-2/h3-5,8,15H,6-7H2,1-2H3. The summed E-state index contributed by atoms with van der Waals surface area (Å²) in [4.78, 5) is 4.44. The van der Waals surface area contributed by atoms with E-state index in [-0.39, 0.29) is 0 Å². The lowest BCUT2D eigenvalue weighted by atomic mass is 10.2. The third-order valence-electron chi connectivity index (χ3n) is 2.53. The number of nitrogens with zero attached hydrogens (tertiary/aromatic N) is 1. The number of aryl methyl sites for hydroxylation is 1. The lowest BCUT2D eigenvalue weighted by molar-refractivity contribution is 0.185. The second-order valence-corrected chi connectivity index (χ2v) is 5.83. The lowest BCUT2D eigenvalue weighted by Crippen LogP contribution is -2.04. The Morgan fingerprint density at radius 3 is 2.94 bits per heavy atom. The van der Waals surface area contributed by atoms with Crippen LogP contribution in [0.2, 0.25) is 0 Å². The molecule has 1 N–H and O–H groups in total. The summed E-state index contributed by atoms with van der Waals surface area (Å²) in [6, 6.07) is 6.09. The van der Waals surface area contributed by atoms with Crippen molar-refractivity contribution in [3.8, 4) is 0 Å². The van der Waals surface area contributed by atoms with Crippen LogP contribution in [0.3, 0.4) is 0 Å². The minimum absolute atomic E-state index is 0.583. The van der Waals surface area contributed by atoms with E-state index in [4.69, 9.17) is 4.74 Å².